The average Bonchev–Trinajstić information content (AvgIpc) is 2.98. The van der Waals surface area contributed by atoms with Gasteiger partial charge in [0.15, 0.2) is 0 Å². The first-order valence-corrected chi connectivity index (χ1v) is 7.86. The molecule has 2 amide bonds. The summed E-state index contributed by atoms with van der Waals surface area (Å²) in [4.78, 5) is 27.1. The molecule has 0 saturated carbocycles. The van der Waals surface area contributed by atoms with Crippen LogP contribution in [0.1, 0.15) is 30.1 Å². The number of primary amides is 1. The van der Waals surface area contributed by atoms with E-state index in [1.807, 2.05) is 6.92 Å². The Morgan fingerprint density at radius 2 is 2.21 bits per heavy atom. The number of aromatic nitrogens is 1. The van der Waals surface area contributed by atoms with E-state index in [2.05, 4.69) is 10.3 Å². The van der Waals surface area contributed by atoms with Crippen LogP contribution < -0.4 is 20.5 Å². The lowest BCUT2D eigenvalue weighted by atomic mass is 10.1. The number of carbonyl (C=O) groups excluding carboxylic acids is 2. The summed E-state index contributed by atoms with van der Waals surface area (Å²) >= 11 is 0. The molecule has 2 heterocycles. The van der Waals surface area contributed by atoms with Crippen molar-refractivity contribution in [3.63, 3.8) is 0 Å². The van der Waals surface area contributed by atoms with Crippen LogP contribution in [0.3, 0.4) is 0 Å². The summed E-state index contributed by atoms with van der Waals surface area (Å²) in [5, 5.41) is 3.59. The number of nitrogens with two attached hydrogens (primary N) is 1. The second-order valence-corrected chi connectivity index (χ2v) is 5.59. The number of carbonyl (C=O) groups is 2. The molecule has 126 valence electrons. The van der Waals surface area contributed by atoms with E-state index < -0.39 is 5.91 Å². The molecule has 24 heavy (non-hydrogen) atoms. The maximum atomic E-state index is 11.6. The van der Waals surface area contributed by atoms with Gasteiger partial charge in [-0.3, -0.25) is 14.6 Å². The maximum absolute atomic E-state index is 11.6. The fourth-order valence-electron chi connectivity index (χ4n) is 2.73. The molecular weight excluding hydrogens is 310 g/mol. The molecule has 3 rings (SSSR count). The van der Waals surface area contributed by atoms with E-state index in [1.165, 1.54) is 0 Å². The van der Waals surface area contributed by atoms with Crippen LogP contribution in [0.25, 0.3) is 10.9 Å². The molecular formula is C17H19N3O4. The highest BCUT2D eigenvalue weighted by atomic mass is 16.5. The highest BCUT2D eigenvalue weighted by Gasteiger charge is 2.21. The molecule has 7 heteroatoms. The van der Waals surface area contributed by atoms with Crippen molar-refractivity contribution in [2.75, 3.05) is 13.2 Å². The third-order valence-corrected chi connectivity index (χ3v) is 3.89. The van der Waals surface area contributed by atoms with E-state index in [-0.39, 0.29) is 17.5 Å². The molecule has 1 fully saturated rings. The standard InChI is InChI=1S/C17H19N3O4/c1-2-23-15-8-11-13(7-12(15)17(18)22)19-6-5-14(11)24-9-10-3-4-16(21)20-10/h5-8,10H,2-4,9H2,1H3,(H2,18,22)(H,20,21)/t10-/m0/s1. The highest BCUT2D eigenvalue weighted by Crippen LogP contribution is 2.31. The zero-order valence-electron chi connectivity index (χ0n) is 13.4. The number of amides is 2. The number of ether oxygens (including phenoxy) is 2. The van der Waals surface area contributed by atoms with Crippen LogP contribution in [0.5, 0.6) is 11.5 Å². The Hall–Kier alpha value is -2.83. The Bertz CT molecular complexity index is 791. The molecule has 0 bridgehead atoms. The molecule has 1 aromatic heterocycles. The van der Waals surface area contributed by atoms with Gasteiger partial charge in [0.05, 0.1) is 23.7 Å². The number of benzene rings is 1. The van der Waals surface area contributed by atoms with E-state index in [0.29, 0.717) is 36.7 Å². The van der Waals surface area contributed by atoms with Gasteiger partial charge in [-0.25, -0.2) is 0 Å². The topological polar surface area (TPSA) is 104 Å². The molecule has 1 aliphatic heterocycles. The summed E-state index contributed by atoms with van der Waals surface area (Å²) in [5.41, 5.74) is 6.30. The van der Waals surface area contributed by atoms with Gasteiger partial charge in [-0.2, -0.15) is 0 Å². The molecule has 1 atom stereocenters. The number of nitrogens with one attached hydrogen (secondary N) is 1. The van der Waals surface area contributed by atoms with E-state index in [1.54, 1.807) is 24.4 Å². The van der Waals surface area contributed by atoms with Gasteiger partial charge >= 0.3 is 0 Å². The van der Waals surface area contributed by atoms with Crippen molar-refractivity contribution in [1.82, 2.24) is 10.3 Å². The summed E-state index contributed by atoms with van der Waals surface area (Å²) in [6.07, 6.45) is 2.90. The lowest BCUT2D eigenvalue weighted by Crippen LogP contribution is -2.30. The minimum absolute atomic E-state index is 0.0111. The van der Waals surface area contributed by atoms with Crippen molar-refractivity contribution in [1.29, 1.82) is 0 Å². The Kier molecular flexibility index (Phi) is 4.50. The van der Waals surface area contributed by atoms with Crippen molar-refractivity contribution in [2.24, 2.45) is 5.73 Å². The molecule has 2 aromatic rings. The normalized spacial score (nSPS) is 16.9. The average molecular weight is 329 g/mol. The van der Waals surface area contributed by atoms with Crippen molar-refractivity contribution in [3.05, 3.63) is 30.0 Å². The van der Waals surface area contributed by atoms with Gasteiger partial charge in [-0.1, -0.05) is 0 Å². The van der Waals surface area contributed by atoms with Gasteiger partial charge in [-0.15, -0.1) is 0 Å². The van der Waals surface area contributed by atoms with E-state index in [9.17, 15) is 9.59 Å². The summed E-state index contributed by atoms with van der Waals surface area (Å²) in [6.45, 7) is 2.63. The van der Waals surface area contributed by atoms with E-state index >= 15 is 0 Å². The van der Waals surface area contributed by atoms with Crippen LogP contribution in [0.4, 0.5) is 0 Å². The minimum atomic E-state index is -0.567. The molecule has 3 N–H and O–H groups in total. The van der Waals surface area contributed by atoms with E-state index in [0.717, 1.165) is 11.8 Å². The second-order valence-electron chi connectivity index (χ2n) is 5.59. The monoisotopic (exact) mass is 329 g/mol. The van der Waals surface area contributed by atoms with Crippen LogP contribution in [0.2, 0.25) is 0 Å². The van der Waals surface area contributed by atoms with Crippen molar-refractivity contribution in [3.8, 4) is 11.5 Å². The zero-order chi connectivity index (χ0) is 17.1. The Morgan fingerprint density at radius 3 is 2.88 bits per heavy atom. The first kappa shape index (κ1) is 16.0. The lowest BCUT2D eigenvalue weighted by Gasteiger charge is -2.15. The fourth-order valence-corrected chi connectivity index (χ4v) is 2.73. The Morgan fingerprint density at radius 1 is 1.38 bits per heavy atom. The zero-order valence-corrected chi connectivity index (χ0v) is 13.4. The SMILES string of the molecule is CCOc1cc2c(OC[C@@H]3CCC(=O)N3)ccnc2cc1C(N)=O. The Labute approximate surface area is 139 Å². The predicted octanol–water partition coefficient (Wildman–Crippen LogP) is 1.39. The molecule has 0 unspecified atom stereocenters. The Balaban J connectivity index is 1.91. The molecule has 0 spiro atoms. The first-order valence-electron chi connectivity index (χ1n) is 7.86. The molecule has 7 nitrogen and oxygen atoms in total. The van der Waals surface area contributed by atoms with Gasteiger partial charge in [0, 0.05) is 18.0 Å². The number of hydrogen-bond acceptors (Lipinski definition) is 5. The third-order valence-electron chi connectivity index (χ3n) is 3.89. The van der Waals surface area contributed by atoms with Crippen LogP contribution in [0.15, 0.2) is 24.4 Å². The fraction of sp³-hybridized carbons (Fsp3) is 0.353. The van der Waals surface area contributed by atoms with Crippen molar-refractivity contribution >= 4 is 22.7 Å². The van der Waals surface area contributed by atoms with Crippen LogP contribution >= 0.6 is 0 Å². The van der Waals surface area contributed by atoms with Gasteiger partial charge < -0.3 is 20.5 Å². The first-order chi connectivity index (χ1) is 11.6. The third kappa shape index (κ3) is 3.24. The van der Waals surface area contributed by atoms with Crippen LogP contribution in [-0.4, -0.2) is 36.1 Å². The van der Waals surface area contributed by atoms with Crippen LogP contribution in [-0.2, 0) is 4.79 Å². The second kappa shape index (κ2) is 6.74. The molecule has 1 aliphatic rings. The number of rotatable bonds is 6. The van der Waals surface area contributed by atoms with Crippen molar-refractivity contribution < 1.29 is 19.1 Å². The maximum Gasteiger partial charge on any atom is 0.252 e. The quantitative estimate of drug-likeness (QED) is 0.833. The van der Waals surface area contributed by atoms with Crippen molar-refractivity contribution in [2.45, 2.75) is 25.8 Å². The summed E-state index contributed by atoms with van der Waals surface area (Å²) in [7, 11) is 0. The largest absolute Gasteiger partial charge is 0.493 e. The minimum Gasteiger partial charge on any atom is -0.493 e. The number of nitrogens with zero attached hydrogens (tertiary/aromatic N) is 1. The molecule has 0 radical (unpaired) electrons. The van der Waals surface area contributed by atoms with Gasteiger partial charge in [0.25, 0.3) is 5.91 Å². The summed E-state index contributed by atoms with van der Waals surface area (Å²) in [5.74, 6) is 0.512. The molecule has 1 saturated heterocycles. The summed E-state index contributed by atoms with van der Waals surface area (Å²) < 4.78 is 11.4. The smallest absolute Gasteiger partial charge is 0.252 e. The highest BCUT2D eigenvalue weighted by molar-refractivity contribution is 6.01. The van der Waals surface area contributed by atoms with Gasteiger partial charge in [0.2, 0.25) is 5.91 Å². The summed E-state index contributed by atoms with van der Waals surface area (Å²) in [6, 6.07) is 5.08. The van der Waals surface area contributed by atoms with Gasteiger partial charge in [0.1, 0.15) is 18.1 Å². The van der Waals surface area contributed by atoms with Crippen LogP contribution in [0, 0.1) is 0 Å². The number of hydrogen-bond donors (Lipinski definition) is 2. The van der Waals surface area contributed by atoms with E-state index in [4.69, 9.17) is 15.2 Å². The number of pyridine rings is 1. The number of fused-ring (bicyclic) bond motifs is 1. The molecule has 0 aliphatic carbocycles. The molecule has 1 aromatic carbocycles. The van der Waals surface area contributed by atoms with Gasteiger partial charge in [-0.05, 0) is 31.5 Å². The predicted molar refractivity (Wildman–Crippen MR) is 88.1 cm³/mol. The lowest BCUT2D eigenvalue weighted by molar-refractivity contribution is -0.119.